The van der Waals surface area contributed by atoms with E-state index >= 15 is 0 Å². The largest absolute Gasteiger partial charge is 0.295 e. The number of rotatable bonds is 4. The Morgan fingerprint density at radius 2 is 1.90 bits per heavy atom. The molecular formula is C15H11ClN2O3. The molecule has 0 unspecified atom stereocenters. The van der Waals surface area contributed by atoms with Gasteiger partial charge in [-0.05, 0) is 37.3 Å². The van der Waals surface area contributed by atoms with Crippen LogP contribution in [0.15, 0.2) is 47.5 Å². The van der Waals surface area contributed by atoms with Crippen LogP contribution in [-0.2, 0) is 0 Å². The van der Waals surface area contributed by atoms with Crippen molar-refractivity contribution in [2.24, 2.45) is 4.99 Å². The summed E-state index contributed by atoms with van der Waals surface area (Å²) in [7, 11) is 0. The van der Waals surface area contributed by atoms with E-state index in [9.17, 15) is 14.9 Å². The molecule has 2 aromatic rings. The van der Waals surface area contributed by atoms with Crippen molar-refractivity contribution in [2.45, 2.75) is 6.92 Å². The summed E-state index contributed by atoms with van der Waals surface area (Å²) in [6.07, 6.45) is 1.46. The highest BCUT2D eigenvalue weighted by molar-refractivity contribution is 6.33. The number of ketones is 1. The first-order valence-corrected chi connectivity index (χ1v) is 6.44. The minimum absolute atomic E-state index is 0.0211. The SMILES string of the molecule is CC(=O)c1ccc(N=Cc2cc([N+](=O)[O-])ccc2Cl)cc1. The molecular weight excluding hydrogens is 292 g/mol. The smallest absolute Gasteiger partial charge is 0.270 e. The molecule has 2 aromatic carbocycles. The van der Waals surface area contributed by atoms with Crippen LogP contribution in [0.25, 0.3) is 0 Å². The molecule has 0 fully saturated rings. The van der Waals surface area contributed by atoms with Crippen LogP contribution in [0.2, 0.25) is 5.02 Å². The van der Waals surface area contributed by atoms with E-state index < -0.39 is 4.92 Å². The molecule has 0 spiro atoms. The lowest BCUT2D eigenvalue weighted by Crippen LogP contribution is -1.91. The Bertz CT molecular complexity index is 724. The van der Waals surface area contributed by atoms with Crippen LogP contribution in [-0.4, -0.2) is 16.9 Å². The van der Waals surface area contributed by atoms with Crippen molar-refractivity contribution in [2.75, 3.05) is 0 Å². The standard InChI is InChI=1S/C15H11ClN2O3/c1-10(19)11-2-4-13(5-3-11)17-9-12-8-14(18(20)21)6-7-15(12)16/h2-9H,1H3. The Balaban J connectivity index is 2.26. The van der Waals surface area contributed by atoms with Gasteiger partial charge in [0.1, 0.15) is 0 Å². The molecule has 21 heavy (non-hydrogen) atoms. The lowest BCUT2D eigenvalue weighted by molar-refractivity contribution is -0.384. The van der Waals surface area contributed by atoms with E-state index in [4.69, 9.17) is 11.6 Å². The van der Waals surface area contributed by atoms with Crippen molar-refractivity contribution in [1.82, 2.24) is 0 Å². The maximum absolute atomic E-state index is 11.2. The average molecular weight is 303 g/mol. The summed E-state index contributed by atoms with van der Waals surface area (Å²) in [5.41, 5.74) is 1.64. The van der Waals surface area contributed by atoms with Gasteiger partial charge in [0.25, 0.3) is 5.69 Å². The molecule has 0 aliphatic carbocycles. The van der Waals surface area contributed by atoms with Gasteiger partial charge in [-0.1, -0.05) is 11.6 Å². The normalized spacial score (nSPS) is 10.8. The van der Waals surface area contributed by atoms with Gasteiger partial charge in [0, 0.05) is 34.5 Å². The Morgan fingerprint density at radius 3 is 2.48 bits per heavy atom. The van der Waals surface area contributed by atoms with Crippen LogP contribution in [0.3, 0.4) is 0 Å². The van der Waals surface area contributed by atoms with Gasteiger partial charge < -0.3 is 0 Å². The number of nitrogens with zero attached hydrogens (tertiary/aromatic N) is 2. The number of nitro benzene ring substituents is 1. The molecule has 0 aliphatic heterocycles. The molecule has 0 saturated heterocycles. The Hall–Kier alpha value is -2.53. The summed E-state index contributed by atoms with van der Waals surface area (Å²) in [6, 6.07) is 10.9. The van der Waals surface area contributed by atoms with Crippen molar-refractivity contribution >= 4 is 35.0 Å². The van der Waals surface area contributed by atoms with Crippen LogP contribution >= 0.6 is 11.6 Å². The number of aliphatic imine (C=N–C) groups is 1. The second-order valence-corrected chi connectivity index (χ2v) is 4.73. The van der Waals surface area contributed by atoms with E-state index in [1.54, 1.807) is 24.3 Å². The molecule has 5 nitrogen and oxygen atoms in total. The number of nitro groups is 1. The van der Waals surface area contributed by atoms with E-state index in [2.05, 4.69) is 4.99 Å². The minimum Gasteiger partial charge on any atom is -0.295 e. The average Bonchev–Trinajstić information content (AvgIpc) is 2.46. The summed E-state index contributed by atoms with van der Waals surface area (Å²) in [5.74, 6) is -0.0211. The van der Waals surface area contributed by atoms with Gasteiger partial charge in [0.05, 0.1) is 10.6 Å². The lowest BCUT2D eigenvalue weighted by atomic mass is 10.1. The summed E-state index contributed by atoms with van der Waals surface area (Å²) in [4.78, 5) is 25.6. The summed E-state index contributed by atoms with van der Waals surface area (Å²) in [6.45, 7) is 1.49. The number of hydrogen-bond donors (Lipinski definition) is 0. The first kappa shape index (κ1) is 14.9. The van der Waals surface area contributed by atoms with Gasteiger partial charge in [-0.15, -0.1) is 0 Å². The van der Waals surface area contributed by atoms with Gasteiger partial charge in [0.2, 0.25) is 0 Å². The first-order chi connectivity index (χ1) is 9.97. The van der Waals surface area contributed by atoms with Crippen molar-refractivity contribution in [3.05, 3.63) is 68.7 Å². The molecule has 0 bridgehead atoms. The van der Waals surface area contributed by atoms with E-state index in [0.717, 1.165) is 0 Å². The predicted octanol–water partition coefficient (Wildman–Crippen LogP) is 4.20. The maximum atomic E-state index is 11.2. The van der Waals surface area contributed by atoms with Crippen molar-refractivity contribution < 1.29 is 9.72 Å². The number of carbonyl (C=O) groups excluding carboxylic acids is 1. The van der Waals surface area contributed by atoms with Crippen molar-refractivity contribution in [3.8, 4) is 0 Å². The Labute approximate surface area is 126 Å². The van der Waals surface area contributed by atoms with Gasteiger partial charge in [-0.25, -0.2) is 0 Å². The van der Waals surface area contributed by atoms with Crippen LogP contribution in [0.5, 0.6) is 0 Å². The van der Waals surface area contributed by atoms with Crippen LogP contribution < -0.4 is 0 Å². The van der Waals surface area contributed by atoms with E-state index in [0.29, 0.717) is 21.8 Å². The summed E-state index contributed by atoms with van der Waals surface area (Å²) < 4.78 is 0. The number of hydrogen-bond acceptors (Lipinski definition) is 4. The third-order valence-electron chi connectivity index (χ3n) is 2.82. The highest BCUT2D eigenvalue weighted by Gasteiger charge is 2.08. The molecule has 0 N–H and O–H groups in total. The quantitative estimate of drug-likeness (QED) is 0.368. The fourth-order valence-corrected chi connectivity index (χ4v) is 1.84. The number of benzene rings is 2. The minimum atomic E-state index is -0.491. The topological polar surface area (TPSA) is 72.6 Å². The predicted molar refractivity (Wildman–Crippen MR) is 81.8 cm³/mol. The summed E-state index contributed by atoms with van der Waals surface area (Å²) >= 11 is 5.98. The number of Topliss-reactive ketones (excluding diaryl/α,β-unsaturated/α-hetero) is 1. The second-order valence-electron chi connectivity index (χ2n) is 4.32. The fourth-order valence-electron chi connectivity index (χ4n) is 1.67. The zero-order chi connectivity index (χ0) is 15.4. The Morgan fingerprint density at radius 1 is 1.24 bits per heavy atom. The van der Waals surface area contributed by atoms with Crippen LogP contribution in [0.1, 0.15) is 22.8 Å². The number of non-ortho nitro benzene ring substituents is 1. The first-order valence-electron chi connectivity index (χ1n) is 6.06. The van der Waals surface area contributed by atoms with E-state index in [1.807, 2.05) is 0 Å². The van der Waals surface area contributed by atoms with E-state index in [1.165, 1.54) is 31.3 Å². The Kier molecular flexibility index (Phi) is 4.45. The molecule has 2 rings (SSSR count). The zero-order valence-electron chi connectivity index (χ0n) is 11.1. The van der Waals surface area contributed by atoms with Gasteiger partial charge >= 0.3 is 0 Å². The molecule has 0 aromatic heterocycles. The zero-order valence-corrected chi connectivity index (χ0v) is 11.9. The van der Waals surface area contributed by atoms with Crippen LogP contribution in [0.4, 0.5) is 11.4 Å². The molecule has 0 atom stereocenters. The second kappa shape index (κ2) is 6.28. The van der Waals surface area contributed by atoms with Gasteiger partial charge in [-0.2, -0.15) is 0 Å². The molecule has 6 heteroatoms. The van der Waals surface area contributed by atoms with Gasteiger partial charge in [0.15, 0.2) is 5.78 Å². The number of halogens is 1. The van der Waals surface area contributed by atoms with Crippen molar-refractivity contribution in [3.63, 3.8) is 0 Å². The molecule has 0 aliphatic rings. The molecule has 0 heterocycles. The van der Waals surface area contributed by atoms with E-state index in [-0.39, 0.29) is 11.5 Å². The number of carbonyl (C=O) groups is 1. The molecule has 0 radical (unpaired) electrons. The third kappa shape index (κ3) is 3.73. The molecule has 106 valence electrons. The summed E-state index contributed by atoms with van der Waals surface area (Å²) in [5, 5.41) is 11.1. The van der Waals surface area contributed by atoms with Crippen molar-refractivity contribution in [1.29, 1.82) is 0 Å². The molecule has 0 amide bonds. The fraction of sp³-hybridized carbons (Fsp3) is 0.0667. The highest BCUT2D eigenvalue weighted by atomic mass is 35.5. The monoisotopic (exact) mass is 302 g/mol. The van der Waals surface area contributed by atoms with Gasteiger partial charge in [-0.3, -0.25) is 19.9 Å². The van der Waals surface area contributed by atoms with Crippen LogP contribution in [0, 0.1) is 10.1 Å². The third-order valence-corrected chi connectivity index (χ3v) is 3.16. The molecule has 0 saturated carbocycles. The highest BCUT2D eigenvalue weighted by Crippen LogP contribution is 2.21. The lowest BCUT2D eigenvalue weighted by Gasteiger charge is -1.99. The maximum Gasteiger partial charge on any atom is 0.270 e.